The van der Waals surface area contributed by atoms with Crippen LogP contribution in [0.15, 0.2) is 48.5 Å². The predicted molar refractivity (Wildman–Crippen MR) is 166 cm³/mol. The zero-order valence-corrected chi connectivity index (χ0v) is 27.3. The maximum Gasteiger partial charge on any atom is 0.316 e. The van der Waals surface area contributed by atoms with Gasteiger partial charge in [-0.1, -0.05) is 24.3 Å². The van der Waals surface area contributed by atoms with Crippen LogP contribution in [0, 0.1) is 10.8 Å². The number of hydrogen-bond acceptors (Lipinski definition) is 9. The molecular formula is C33H47N3O8. The Bertz CT molecular complexity index is 1300. The van der Waals surface area contributed by atoms with Crippen molar-refractivity contribution in [2.75, 3.05) is 33.3 Å². The average molecular weight is 614 g/mol. The van der Waals surface area contributed by atoms with Gasteiger partial charge < -0.3 is 34.9 Å². The summed E-state index contributed by atoms with van der Waals surface area (Å²) < 4.78 is 16.5. The van der Waals surface area contributed by atoms with E-state index in [-0.39, 0.29) is 49.6 Å². The molecule has 3 N–H and O–H groups in total. The lowest BCUT2D eigenvalue weighted by molar-refractivity contribution is -0.145. The second kappa shape index (κ2) is 15.2. The molecule has 44 heavy (non-hydrogen) atoms. The summed E-state index contributed by atoms with van der Waals surface area (Å²) >= 11 is 0. The quantitative estimate of drug-likeness (QED) is 0.228. The van der Waals surface area contributed by atoms with E-state index in [4.69, 9.17) is 14.2 Å². The van der Waals surface area contributed by atoms with E-state index >= 15 is 0 Å². The molecule has 0 saturated carbocycles. The summed E-state index contributed by atoms with van der Waals surface area (Å²) in [5.74, 6) is -1.04. The molecule has 0 radical (unpaired) electrons. The number of carbonyl (C=O) groups is 4. The number of ether oxygens (including phenoxy) is 3. The molecule has 1 atom stereocenters. The fourth-order valence-electron chi connectivity index (χ4n) is 3.41. The van der Waals surface area contributed by atoms with Gasteiger partial charge in [-0.3, -0.25) is 19.2 Å². The van der Waals surface area contributed by atoms with Crippen LogP contribution < -0.4 is 24.8 Å². The van der Waals surface area contributed by atoms with Crippen molar-refractivity contribution >= 4 is 23.8 Å². The lowest BCUT2D eigenvalue weighted by atomic mass is 9.97. The van der Waals surface area contributed by atoms with Gasteiger partial charge in [0.2, 0.25) is 5.91 Å². The molecule has 0 bridgehead atoms. The number of hydrogen-bond donors (Lipinski definition) is 3. The molecule has 2 amide bonds. The van der Waals surface area contributed by atoms with Crippen molar-refractivity contribution < 1.29 is 38.5 Å². The summed E-state index contributed by atoms with van der Waals surface area (Å²) in [7, 11) is 1.53. The van der Waals surface area contributed by atoms with E-state index in [0.29, 0.717) is 11.3 Å². The average Bonchev–Trinajstić information content (AvgIpc) is 2.94. The normalized spacial score (nSPS) is 12.6. The molecule has 2 rings (SSSR count). The number of nitrogens with one attached hydrogen (secondary N) is 2. The topological polar surface area (TPSA) is 144 Å². The largest absolute Gasteiger partial charge is 0.484 e. The minimum absolute atomic E-state index is 0.0263. The molecule has 0 spiro atoms. The SMILES string of the molecule is CN(CC(=O)NCC(C)(C)NCC(O)c1ccc(OC(=O)C(C)(C)C)c(OC(=O)C(C)(C)C)c1)C(=O)COc1ccccc1. The highest BCUT2D eigenvalue weighted by Crippen LogP contribution is 2.34. The number of likely N-dealkylation sites (N-methyl/N-ethyl adjacent to an activating group) is 1. The highest BCUT2D eigenvalue weighted by atomic mass is 16.6. The number of aliphatic hydroxyl groups excluding tert-OH is 1. The molecule has 11 heteroatoms. The molecule has 242 valence electrons. The lowest BCUT2D eigenvalue weighted by Crippen LogP contribution is -2.51. The van der Waals surface area contributed by atoms with E-state index in [1.165, 1.54) is 24.1 Å². The zero-order chi connectivity index (χ0) is 33.3. The summed E-state index contributed by atoms with van der Waals surface area (Å²) in [6.45, 7) is 14.0. The Hall–Kier alpha value is -3.96. The third-order valence-corrected chi connectivity index (χ3v) is 6.40. The van der Waals surface area contributed by atoms with Gasteiger partial charge in [-0.25, -0.2) is 0 Å². The Balaban J connectivity index is 1.96. The molecule has 2 aromatic rings. The minimum atomic E-state index is -1.02. The van der Waals surface area contributed by atoms with Gasteiger partial charge in [0.05, 0.1) is 23.5 Å². The number of amides is 2. The van der Waals surface area contributed by atoms with Crippen molar-refractivity contribution in [3.8, 4) is 17.2 Å². The summed E-state index contributed by atoms with van der Waals surface area (Å²) in [6, 6.07) is 13.5. The third-order valence-electron chi connectivity index (χ3n) is 6.40. The smallest absolute Gasteiger partial charge is 0.316 e. The van der Waals surface area contributed by atoms with E-state index in [2.05, 4.69) is 10.6 Å². The number of esters is 2. The predicted octanol–water partition coefficient (Wildman–Crippen LogP) is 3.64. The number of nitrogens with zero attached hydrogens (tertiary/aromatic N) is 1. The Morgan fingerprint density at radius 2 is 1.41 bits per heavy atom. The van der Waals surface area contributed by atoms with Gasteiger partial charge in [0.1, 0.15) is 5.75 Å². The van der Waals surface area contributed by atoms with Gasteiger partial charge in [-0.05, 0) is 85.2 Å². The number of rotatable bonds is 13. The van der Waals surface area contributed by atoms with Crippen LogP contribution >= 0.6 is 0 Å². The summed E-state index contributed by atoms with van der Waals surface area (Å²) in [5, 5.41) is 17.0. The first-order chi connectivity index (χ1) is 20.3. The molecule has 11 nitrogen and oxygen atoms in total. The maximum absolute atomic E-state index is 12.6. The molecule has 0 saturated heterocycles. The molecule has 0 aliphatic rings. The Kier molecular flexibility index (Phi) is 12.5. The zero-order valence-electron chi connectivity index (χ0n) is 27.3. The van der Waals surface area contributed by atoms with Crippen LogP contribution in [-0.2, 0) is 19.2 Å². The number of aliphatic hydroxyl groups is 1. The van der Waals surface area contributed by atoms with Crippen molar-refractivity contribution in [2.24, 2.45) is 10.8 Å². The van der Waals surface area contributed by atoms with Crippen LogP contribution in [0.25, 0.3) is 0 Å². The van der Waals surface area contributed by atoms with E-state index in [1.807, 2.05) is 19.9 Å². The number of benzene rings is 2. The first-order valence-corrected chi connectivity index (χ1v) is 14.5. The van der Waals surface area contributed by atoms with Crippen molar-refractivity contribution in [3.05, 3.63) is 54.1 Å². The van der Waals surface area contributed by atoms with Crippen molar-refractivity contribution in [1.29, 1.82) is 0 Å². The molecule has 2 aromatic carbocycles. The Labute approximate surface area is 260 Å². The fourth-order valence-corrected chi connectivity index (χ4v) is 3.41. The first kappa shape index (κ1) is 36.2. The van der Waals surface area contributed by atoms with Crippen LogP contribution in [0.5, 0.6) is 17.2 Å². The van der Waals surface area contributed by atoms with Crippen LogP contribution in [0.2, 0.25) is 0 Å². The summed E-state index contributed by atoms with van der Waals surface area (Å²) in [5.41, 5.74) is -1.79. The molecule has 0 aromatic heterocycles. The van der Waals surface area contributed by atoms with Crippen molar-refractivity contribution in [3.63, 3.8) is 0 Å². The molecular weight excluding hydrogens is 566 g/mol. The molecule has 0 fully saturated rings. The third kappa shape index (κ3) is 12.0. The highest BCUT2D eigenvalue weighted by Gasteiger charge is 2.29. The summed E-state index contributed by atoms with van der Waals surface area (Å²) in [4.78, 5) is 51.3. The van der Waals surface area contributed by atoms with Crippen molar-refractivity contribution in [1.82, 2.24) is 15.5 Å². The monoisotopic (exact) mass is 613 g/mol. The van der Waals surface area contributed by atoms with Crippen LogP contribution in [-0.4, -0.2) is 72.6 Å². The van der Waals surface area contributed by atoms with Gasteiger partial charge in [-0.2, -0.15) is 0 Å². The van der Waals surface area contributed by atoms with Gasteiger partial charge in [-0.15, -0.1) is 0 Å². The second-order valence-corrected chi connectivity index (χ2v) is 13.4. The number of carbonyl (C=O) groups excluding carboxylic acids is 4. The van der Waals surface area contributed by atoms with E-state index in [0.717, 1.165) is 0 Å². The number of β-amino-alcohol motifs (C(OH)–C–C–N with tert-alkyl or cyclic N) is 1. The second-order valence-electron chi connectivity index (χ2n) is 13.4. The standard InChI is InChI=1S/C33H47N3O8/c1-31(2,3)29(40)43-25-16-15-22(17-26(25)44-30(41)32(4,5)6)24(37)18-35-33(7,8)21-34-27(38)19-36(9)28(39)20-42-23-13-11-10-12-14-23/h10-17,24,35,37H,18-21H2,1-9H3,(H,34,38). The minimum Gasteiger partial charge on any atom is -0.484 e. The Morgan fingerprint density at radius 1 is 0.841 bits per heavy atom. The fraction of sp³-hybridized carbons (Fsp3) is 0.515. The highest BCUT2D eigenvalue weighted by molar-refractivity contribution is 5.85. The number of para-hydroxylation sites is 1. The van der Waals surface area contributed by atoms with Crippen molar-refractivity contribution in [2.45, 2.75) is 67.0 Å². The molecule has 0 aliphatic carbocycles. The van der Waals surface area contributed by atoms with Crippen LogP contribution in [0.3, 0.4) is 0 Å². The first-order valence-electron chi connectivity index (χ1n) is 14.5. The van der Waals surface area contributed by atoms with Gasteiger partial charge in [0.25, 0.3) is 5.91 Å². The lowest BCUT2D eigenvalue weighted by Gasteiger charge is -2.29. The van der Waals surface area contributed by atoms with Gasteiger partial charge in [0, 0.05) is 25.7 Å². The maximum atomic E-state index is 12.6. The van der Waals surface area contributed by atoms with E-state index in [9.17, 15) is 24.3 Å². The molecule has 0 heterocycles. The van der Waals surface area contributed by atoms with Gasteiger partial charge >= 0.3 is 11.9 Å². The molecule has 1 unspecified atom stereocenters. The van der Waals surface area contributed by atoms with E-state index < -0.39 is 34.4 Å². The van der Waals surface area contributed by atoms with Gasteiger partial charge in [0.15, 0.2) is 18.1 Å². The van der Waals surface area contributed by atoms with E-state index in [1.54, 1.807) is 71.9 Å². The Morgan fingerprint density at radius 3 is 1.98 bits per heavy atom. The molecule has 0 aliphatic heterocycles. The summed E-state index contributed by atoms with van der Waals surface area (Å²) in [6.07, 6.45) is -1.02. The van der Waals surface area contributed by atoms with Crippen LogP contribution in [0.1, 0.15) is 67.1 Å². The van der Waals surface area contributed by atoms with Crippen LogP contribution in [0.4, 0.5) is 0 Å².